The molecular weight excluding hydrogens is 281 g/mol. The number of nitrogens with one attached hydrogen (secondary N) is 1. The van der Waals surface area contributed by atoms with Gasteiger partial charge in [-0.1, -0.05) is 11.6 Å². The maximum atomic E-state index is 13.4. The van der Waals surface area contributed by atoms with Gasteiger partial charge in [-0.05, 0) is 31.2 Å². The fourth-order valence-corrected chi connectivity index (χ4v) is 2.24. The molecule has 0 bridgehead atoms. The van der Waals surface area contributed by atoms with Crippen molar-refractivity contribution in [2.24, 2.45) is 0 Å². The Labute approximate surface area is 118 Å². The van der Waals surface area contributed by atoms with Crippen molar-refractivity contribution in [2.75, 3.05) is 0 Å². The van der Waals surface area contributed by atoms with Crippen molar-refractivity contribution < 1.29 is 4.39 Å². The zero-order valence-corrected chi connectivity index (χ0v) is 11.2. The Bertz CT molecular complexity index is 876. The van der Waals surface area contributed by atoms with Crippen molar-refractivity contribution >= 4 is 22.5 Å². The summed E-state index contributed by atoms with van der Waals surface area (Å²) in [5.74, 6) is -0.603. The predicted octanol–water partition coefficient (Wildman–Crippen LogP) is 3.09. The van der Waals surface area contributed by atoms with E-state index in [-0.39, 0.29) is 11.5 Å². The molecular formula is C14H9ClFN3O. The second kappa shape index (κ2) is 4.68. The largest absolute Gasteiger partial charge is 0.304 e. The number of halogens is 2. The minimum atomic E-state index is -0.875. The zero-order chi connectivity index (χ0) is 14.3. The molecule has 0 amide bonds. The van der Waals surface area contributed by atoms with E-state index in [0.717, 1.165) is 5.39 Å². The van der Waals surface area contributed by atoms with Crippen LogP contribution < -0.4 is 5.56 Å². The molecule has 20 heavy (non-hydrogen) atoms. The second-order valence-electron chi connectivity index (χ2n) is 4.31. The number of pyridine rings is 1. The van der Waals surface area contributed by atoms with Crippen LogP contribution >= 0.6 is 11.6 Å². The lowest BCUT2D eigenvalue weighted by molar-refractivity contribution is 0.589. The van der Waals surface area contributed by atoms with Gasteiger partial charge >= 0.3 is 0 Å². The van der Waals surface area contributed by atoms with Crippen molar-refractivity contribution in [1.82, 2.24) is 15.0 Å². The van der Waals surface area contributed by atoms with Crippen LogP contribution in [-0.2, 0) is 0 Å². The number of rotatable bonds is 1. The van der Waals surface area contributed by atoms with E-state index in [2.05, 4.69) is 15.0 Å². The van der Waals surface area contributed by atoms with Crippen molar-refractivity contribution in [3.63, 3.8) is 0 Å². The minimum Gasteiger partial charge on any atom is -0.304 e. The van der Waals surface area contributed by atoms with Gasteiger partial charge in [0.15, 0.2) is 0 Å². The van der Waals surface area contributed by atoms with E-state index < -0.39 is 11.4 Å². The third-order valence-corrected chi connectivity index (χ3v) is 3.33. The number of fused-ring (bicyclic) bond motifs is 1. The highest BCUT2D eigenvalue weighted by molar-refractivity contribution is 6.35. The molecule has 4 nitrogen and oxygen atoms in total. The highest BCUT2D eigenvalue weighted by Gasteiger charge is 2.13. The topological polar surface area (TPSA) is 58.6 Å². The molecule has 1 aromatic carbocycles. The third-order valence-electron chi connectivity index (χ3n) is 3.00. The summed E-state index contributed by atoms with van der Waals surface area (Å²) in [5.41, 5.74) is 0.452. The van der Waals surface area contributed by atoms with Crippen LogP contribution in [0.4, 0.5) is 4.39 Å². The van der Waals surface area contributed by atoms with E-state index in [1.807, 2.05) is 6.07 Å². The molecule has 6 heteroatoms. The summed E-state index contributed by atoms with van der Waals surface area (Å²) in [6.45, 7) is 1.44. The van der Waals surface area contributed by atoms with Gasteiger partial charge in [0.2, 0.25) is 5.82 Å². The number of aryl methyl sites for hydroxylation is 1. The highest BCUT2D eigenvalue weighted by Crippen LogP contribution is 2.29. The summed E-state index contributed by atoms with van der Waals surface area (Å²) in [5, 5.41) is 1.30. The molecule has 2 aromatic heterocycles. The van der Waals surface area contributed by atoms with E-state index in [9.17, 15) is 9.18 Å². The molecule has 0 atom stereocenters. The molecule has 0 fully saturated rings. The van der Waals surface area contributed by atoms with Crippen LogP contribution in [0, 0.1) is 12.7 Å². The van der Waals surface area contributed by atoms with Gasteiger partial charge in [0.25, 0.3) is 5.56 Å². The number of aromatic amines is 1. The van der Waals surface area contributed by atoms with Gasteiger partial charge in [-0.15, -0.1) is 0 Å². The molecule has 0 radical (unpaired) electrons. The first-order valence-electron chi connectivity index (χ1n) is 5.88. The van der Waals surface area contributed by atoms with Gasteiger partial charge in [-0.3, -0.25) is 9.78 Å². The van der Waals surface area contributed by atoms with Crippen molar-refractivity contribution in [3.05, 3.63) is 57.3 Å². The minimum absolute atomic E-state index is 0.0442. The summed E-state index contributed by atoms with van der Waals surface area (Å²) < 4.78 is 13.4. The maximum Gasteiger partial charge on any atom is 0.287 e. The quantitative estimate of drug-likeness (QED) is 0.749. The van der Waals surface area contributed by atoms with E-state index in [1.165, 1.54) is 6.92 Å². The normalized spacial score (nSPS) is 10.9. The van der Waals surface area contributed by atoms with E-state index in [0.29, 0.717) is 16.1 Å². The van der Waals surface area contributed by atoms with Crippen molar-refractivity contribution in [3.8, 4) is 11.4 Å². The number of nitrogens with zero attached hydrogens (tertiary/aromatic N) is 2. The molecule has 0 aliphatic heterocycles. The zero-order valence-electron chi connectivity index (χ0n) is 10.4. The third kappa shape index (κ3) is 1.96. The van der Waals surface area contributed by atoms with E-state index >= 15 is 0 Å². The SMILES string of the molecule is Cc1nc(-c2ccc(Cl)c3cccnc23)[nH]c(=O)c1F. The predicted molar refractivity (Wildman–Crippen MR) is 75.3 cm³/mol. The number of H-pyrrole nitrogens is 1. The molecule has 0 aliphatic carbocycles. The van der Waals surface area contributed by atoms with Gasteiger partial charge in [0.05, 0.1) is 16.2 Å². The first-order chi connectivity index (χ1) is 9.58. The van der Waals surface area contributed by atoms with Crippen LogP contribution in [0.1, 0.15) is 5.69 Å². The first kappa shape index (κ1) is 12.7. The molecule has 0 saturated carbocycles. The molecule has 2 heterocycles. The Kier molecular flexibility index (Phi) is 2.99. The lowest BCUT2D eigenvalue weighted by Gasteiger charge is -2.07. The van der Waals surface area contributed by atoms with Crippen LogP contribution in [-0.4, -0.2) is 15.0 Å². The van der Waals surface area contributed by atoms with Crippen LogP contribution in [0.15, 0.2) is 35.3 Å². The van der Waals surface area contributed by atoms with Crippen LogP contribution in [0.25, 0.3) is 22.3 Å². The fourth-order valence-electron chi connectivity index (χ4n) is 2.03. The Morgan fingerprint density at radius 2 is 2.10 bits per heavy atom. The Hall–Kier alpha value is -2.27. The van der Waals surface area contributed by atoms with E-state index in [1.54, 1.807) is 24.4 Å². The molecule has 0 unspecified atom stereocenters. The number of benzene rings is 1. The summed E-state index contributed by atoms with van der Waals surface area (Å²) in [4.78, 5) is 22.3. The molecule has 3 aromatic rings. The molecule has 1 N–H and O–H groups in total. The van der Waals surface area contributed by atoms with Gasteiger partial charge in [0, 0.05) is 17.1 Å². The summed E-state index contributed by atoms with van der Waals surface area (Å²) in [6, 6.07) is 6.99. The highest BCUT2D eigenvalue weighted by atomic mass is 35.5. The summed E-state index contributed by atoms with van der Waals surface area (Å²) in [6.07, 6.45) is 1.62. The molecule has 3 rings (SSSR count). The first-order valence-corrected chi connectivity index (χ1v) is 6.26. The maximum absolute atomic E-state index is 13.4. The van der Waals surface area contributed by atoms with Gasteiger partial charge in [-0.2, -0.15) is 4.39 Å². The average molecular weight is 290 g/mol. The Morgan fingerprint density at radius 3 is 2.85 bits per heavy atom. The van der Waals surface area contributed by atoms with Crippen molar-refractivity contribution in [2.45, 2.75) is 6.92 Å². The van der Waals surface area contributed by atoms with Crippen LogP contribution in [0.5, 0.6) is 0 Å². The summed E-state index contributed by atoms with van der Waals surface area (Å²) >= 11 is 6.11. The van der Waals surface area contributed by atoms with Crippen LogP contribution in [0.3, 0.4) is 0 Å². The van der Waals surface area contributed by atoms with E-state index in [4.69, 9.17) is 11.6 Å². The van der Waals surface area contributed by atoms with Gasteiger partial charge < -0.3 is 4.98 Å². The lowest BCUT2D eigenvalue weighted by Crippen LogP contribution is -2.15. The Morgan fingerprint density at radius 1 is 1.30 bits per heavy atom. The lowest BCUT2D eigenvalue weighted by atomic mass is 10.1. The molecule has 100 valence electrons. The Balaban J connectivity index is 2.36. The number of hydrogen-bond donors (Lipinski definition) is 1. The van der Waals surface area contributed by atoms with Gasteiger partial charge in [0.1, 0.15) is 5.82 Å². The van der Waals surface area contributed by atoms with Crippen molar-refractivity contribution in [1.29, 1.82) is 0 Å². The van der Waals surface area contributed by atoms with Gasteiger partial charge in [-0.25, -0.2) is 4.98 Å². The fraction of sp³-hybridized carbons (Fsp3) is 0.0714. The smallest absolute Gasteiger partial charge is 0.287 e. The standard InChI is InChI=1S/C14H9ClFN3O/c1-7-11(16)14(20)19-13(18-7)9-4-5-10(15)8-3-2-6-17-12(8)9/h2-6H,1H3,(H,18,19,20). The number of aromatic nitrogens is 3. The van der Waals surface area contributed by atoms with Crippen LogP contribution in [0.2, 0.25) is 5.02 Å². The molecule has 0 spiro atoms. The monoisotopic (exact) mass is 289 g/mol. The summed E-state index contributed by atoms with van der Waals surface area (Å²) in [7, 11) is 0. The second-order valence-corrected chi connectivity index (χ2v) is 4.72. The molecule has 0 saturated heterocycles. The number of hydrogen-bond acceptors (Lipinski definition) is 3. The average Bonchev–Trinajstić information content (AvgIpc) is 2.45. The molecule has 0 aliphatic rings.